The molecule has 1 aromatic carbocycles. The Hall–Kier alpha value is -0.930. The van der Waals surface area contributed by atoms with E-state index in [1.807, 2.05) is 18.2 Å². The van der Waals surface area contributed by atoms with Crippen LogP contribution in [0.4, 0.5) is 0 Å². The minimum absolute atomic E-state index is 0.0392. The fourth-order valence-electron chi connectivity index (χ4n) is 2.75. The van der Waals surface area contributed by atoms with Gasteiger partial charge >= 0.3 is 0 Å². The van der Waals surface area contributed by atoms with E-state index >= 15 is 0 Å². The van der Waals surface area contributed by atoms with Crippen LogP contribution in [0.3, 0.4) is 0 Å². The topological polar surface area (TPSA) is 50.4 Å². The molecule has 0 atom stereocenters. The van der Waals surface area contributed by atoms with Crippen molar-refractivity contribution in [1.29, 1.82) is 0 Å². The van der Waals surface area contributed by atoms with Gasteiger partial charge in [-0.2, -0.15) is 0 Å². The van der Waals surface area contributed by atoms with Crippen LogP contribution in [0.5, 0.6) is 0 Å². The van der Waals surface area contributed by atoms with Crippen LogP contribution in [-0.4, -0.2) is 18.5 Å². The van der Waals surface area contributed by atoms with E-state index in [1.165, 1.54) is 19.3 Å². The molecular weight excluding hydrogens is 293 g/mol. The summed E-state index contributed by atoms with van der Waals surface area (Å²) >= 11 is 12.3. The third-order valence-corrected chi connectivity index (χ3v) is 4.84. The van der Waals surface area contributed by atoms with Crippen LogP contribution < -0.4 is 11.1 Å². The molecule has 0 aromatic heterocycles. The molecule has 2 fully saturated rings. The Labute approximate surface area is 129 Å². The van der Waals surface area contributed by atoms with Gasteiger partial charge in [0.05, 0.1) is 6.54 Å². The number of hydrogen-bond acceptors (Lipinski definition) is 1. The highest BCUT2D eigenvalue weighted by Crippen LogP contribution is 2.46. The van der Waals surface area contributed by atoms with Crippen molar-refractivity contribution < 1.29 is 0 Å². The lowest BCUT2D eigenvalue weighted by Crippen LogP contribution is -2.40. The first-order valence-electron chi connectivity index (χ1n) is 7.11. The second kappa shape index (κ2) is 5.45. The highest BCUT2D eigenvalue weighted by atomic mass is 35.5. The van der Waals surface area contributed by atoms with E-state index in [9.17, 15) is 0 Å². The summed E-state index contributed by atoms with van der Waals surface area (Å²) in [6.45, 7) is 0.694. The van der Waals surface area contributed by atoms with Gasteiger partial charge in [-0.1, -0.05) is 35.7 Å². The third kappa shape index (κ3) is 2.89. The zero-order valence-corrected chi connectivity index (χ0v) is 12.8. The molecule has 3 rings (SSSR count). The van der Waals surface area contributed by atoms with E-state index in [-0.39, 0.29) is 5.41 Å². The summed E-state index contributed by atoms with van der Waals surface area (Å²) in [5, 5.41) is 4.63. The maximum atomic E-state index is 6.36. The maximum Gasteiger partial charge on any atom is 0.188 e. The molecule has 5 heteroatoms. The van der Waals surface area contributed by atoms with Gasteiger partial charge in [-0.25, -0.2) is 0 Å². The summed E-state index contributed by atoms with van der Waals surface area (Å²) in [5.74, 6) is 0.559. The fraction of sp³-hybridized carbons (Fsp3) is 0.533. The molecule has 0 bridgehead atoms. The Morgan fingerprint density at radius 1 is 1.35 bits per heavy atom. The lowest BCUT2D eigenvalue weighted by Gasteiger charge is -2.42. The van der Waals surface area contributed by atoms with Crippen LogP contribution >= 0.6 is 23.2 Å². The van der Waals surface area contributed by atoms with Crippen molar-refractivity contribution in [3.8, 4) is 0 Å². The first kappa shape index (κ1) is 14.0. The summed E-state index contributed by atoms with van der Waals surface area (Å²) < 4.78 is 0. The molecule has 3 N–H and O–H groups in total. The molecule has 2 saturated carbocycles. The molecule has 0 saturated heterocycles. The summed E-state index contributed by atoms with van der Waals surface area (Å²) in [6, 6.07) is 6.28. The van der Waals surface area contributed by atoms with Gasteiger partial charge < -0.3 is 11.1 Å². The fourth-order valence-corrected chi connectivity index (χ4v) is 3.36. The Bertz CT molecular complexity index is 534. The summed E-state index contributed by atoms with van der Waals surface area (Å²) in [4.78, 5) is 4.53. The van der Waals surface area contributed by atoms with Gasteiger partial charge in [-0.15, -0.1) is 0 Å². The van der Waals surface area contributed by atoms with Gasteiger partial charge in [0, 0.05) is 21.5 Å². The number of hydrogen-bond donors (Lipinski definition) is 2. The smallest absolute Gasteiger partial charge is 0.188 e. The van der Waals surface area contributed by atoms with E-state index in [2.05, 4.69) is 10.3 Å². The molecule has 3 nitrogen and oxygen atoms in total. The zero-order chi connectivity index (χ0) is 14.2. The number of nitrogens with one attached hydrogen (secondary N) is 1. The summed E-state index contributed by atoms with van der Waals surface area (Å²) in [6.07, 6.45) is 5.82. The molecule has 2 aliphatic rings. The van der Waals surface area contributed by atoms with Crippen LogP contribution in [0.1, 0.15) is 37.7 Å². The monoisotopic (exact) mass is 311 g/mol. The van der Waals surface area contributed by atoms with Crippen molar-refractivity contribution in [1.82, 2.24) is 5.32 Å². The molecule has 0 radical (unpaired) electrons. The van der Waals surface area contributed by atoms with Crippen LogP contribution in [0.2, 0.25) is 10.0 Å². The lowest BCUT2D eigenvalue weighted by molar-refractivity contribution is 0.253. The van der Waals surface area contributed by atoms with Crippen molar-refractivity contribution in [3.05, 3.63) is 33.8 Å². The standard InChI is InChI=1S/C15H19Cl2N3/c16-10-2-5-12(13(17)8-10)15(6-1-7-15)9-19-14(18)20-11-3-4-11/h2,5,8,11H,1,3-4,6-7,9H2,(H3,18,19,20). The summed E-state index contributed by atoms with van der Waals surface area (Å²) in [7, 11) is 0. The maximum absolute atomic E-state index is 6.36. The molecule has 0 unspecified atom stereocenters. The highest BCUT2D eigenvalue weighted by Gasteiger charge is 2.40. The molecule has 0 aliphatic heterocycles. The second-order valence-electron chi connectivity index (χ2n) is 5.88. The number of aliphatic imine (C=N–C) groups is 1. The lowest BCUT2D eigenvalue weighted by atomic mass is 9.64. The summed E-state index contributed by atoms with van der Waals surface area (Å²) in [5.41, 5.74) is 7.12. The van der Waals surface area contributed by atoms with E-state index in [0.29, 0.717) is 23.6 Å². The molecule has 0 amide bonds. The van der Waals surface area contributed by atoms with Crippen LogP contribution in [0.15, 0.2) is 23.2 Å². The molecule has 0 spiro atoms. The minimum Gasteiger partial charge on any atom is -0.370 e. The predicted molar refractivity (Wildman–Crippen MR) is 84.6 cm³/mol. The van der Waals surface area contributed by atoms with Crippen molar-refractivity contribution in [2.45, 2.75) is 43.6 Å². The van der Waals surface area contributed by atoms with Crippen molar-refractivity contribution in [2.75, 3.05) is 6.54 Å². The SMILES string of the molecule is NC(=NCC1(c2ccc(Cl)cc2Cl)CCC1)NC1CC1. The molecule has 0 heterocycles. The Morgan fingerprint density at radius 3 is 2.65 bits per heavy atom. The number of guanidine groups is 1. The third-order valence-electron chi connectivity index (χ3n) is 4.29. The largest absolute Gasteiger partial charge is 0.370 e. The van der Waals surface area contributed by atoms with Crippen molar-refractivity contribution in [3.63, 3.8) is 0 Å². The molecular formula is C15H19Cl2N3. The number of benzene rings is 1. The Kier molecular flexibility index (Phi) is 3.83. The van der Waals surface area contributed by atoms with Gasteiger partial charge in [0.1, 0.15) is 0 Å². The number of nitrogens with two attached hydrogens (primary N) is 1. The van der Waals surface area contributed by atoms with Gasteiger partial charge in [0.15, 0.2) is 5.96 Å². The number of rotatable bonds is 4. The molecule has 20 heavy (non-hydrogen) atoms. The second-order valence-corrected chi connectivity index (χ2v) is 6.72. The van der Waals surface area contributed by atoms with E-state index in [0.717, 1.165) is 23.4 Å². The van der Waals surface area contributed by atoms with Gasteiger partial charge in [0.2, 0.25) is 0 Å². The normalized spacial score (nSPS) is 21.4. The zero-order valence-electron chi connectivity index (χ0n) is 11.3. The first-order chi connectivity index (χ1) is 9.59. The van der Waals surface area contributed by atoms with E-state index < -0.39 is 0 Å². The van der Waals surface area contributed by atoms with Crippen LogP contribution in [0.25, 0.3) is 0 Å². The van der Waals surface area contributed by atoms with Gasteiger partial charge in [-0.3, -0.25) is 4.99 Å². The number of nitrogens with zero attached hydrogens (tertiary/aromatic N) is 1. The van der Waals surface area contributed by atoms with Crippen LogP contribution in [0, 0.1) is 0 Å². The van der Waals surface area contributed by atoms with Gasteiger partial charge in [-0.05, 0) is 43.4 Å². The van der Waals surface area contributed by atoms with E-state index in [1.54, 1.807) is 0 Å². The van der Waals surface area contributed by atoms with Crippen molar-refractivity contribution >= 4 is 29.2 Å². The highest BCUT2D eigenvalue weighted by molar-refractivity contribution is 6.35. The minimum atomic E-state index is 0.0392. The average Bonchev–Trinajstić information content (AvgIpc) is 3.13. The Morgan fingerprint density at radius 2 is 2.10 bits per heavy atom. The van der Waals surface area contributed by atoms with Crippen molar-refractivity contribution in [2.24, 2.45) is 10.7 Å². The molecule has 2 aliphatic carbocycles. The van der Waals surface area contributed by atoms with Crippen LogP contribution in [-0.2, 0) is 5.41 Å². The number of halogens is 2. The van der Waals surface area contributed by atoms with E-state index in [4.69, 9.17) is 28.9 Å². The molecule has 108 valence electrons. The van der Waals surface area contributed by atoms with Gasteiger partial charge in [0.25, 0.3) is 0 Å². The molecule has 1 aromatic rings. The quantitative estimate of drug-likeness (QED) is 0.660. The first-order valence-corrected chi connectivity index (χ1v) is 7.87. The predicted octanol–water partition coefficient (Wildman–Crippen LogP) is 3.48. The average molecular weight is 312 g/mol. The Balaban J connectivity index is 1.76.